The van der Waals surface area contributed by atoms with Crippen LogP contribution in [0.2, 0.25) is 0 Å². The highest BCUT2D eigenvalue weighted by molar-refractivity contribution is 14.0. The molecule has 2 aromatic heterocycles. The molecule has 0 amide bonds. The van der Waals surface area contributed by atoms with Crippen molar-refractivity contribution in [2.45, 2.75) is 32.2 Å². The zero-order valence-corrected chi connectivity index (χ0v) is 21.8. The minimum absolute atomic E-state index is 0. The molecule has 2 unspecified atom stereocenters. The number of nitrogens with zero attached hydrogens (tertiary/aromatic N) is 6. The number of pyridine rings is 1. The molecule has 0 saturated carbocycles. The van der Waals surface area contributed by atoms with E-state index in [2.05, 4.69) is 68.4 Å². The van der Waals surface area contributed by atoms with Gasteiger partial charge in [0.25, 0.3) is 0 Å². The number of ether oxygens (including phenoxy) is 1. The quantitative estimate of drug-likeness (QED) is 0.278. The molecule has 1 aromatic carbocycles. The maximum Gasteiger partial charge on any atom is 0.194 e. The zero-order chi connectivity index (χ0) is 22.5. The van der Waals surface area contributed by atoms with E-state index in [0.717, 1.165) is 56.7 Å². The second-order valence-electron chi connectivity index (χ2n) is 8.50. The predicted molar refractivity (Wildman–Crippen MR) is 144 cm³/mol. The Balaban J connectivity index is 0.00000274. The van der Waals surface area contributed by atoms with Crippen LogP contribution >= 0.6 is 24.0 Å². The molecule has 2 fully saturated rings. The largest absolute Gasteiger partial charge is 0.373 e. The molecule has 34 heavy (non-hydrogen) atoms. The van der Waals surface area contributed by atoms with Gasteiger partial charge < -0.3 is 15.0 Å². The number of halogens is 1. The molecule has 0 spiro atoms. The molecule has 2 aliphatic heterocycles. The lowest BCUT2D eigenvalue weighted by atomic mass is 10.1. The van der Waals surface area contributed by atoms with E-state index in [1.54, 1.807) is 12.5 Å². The van der Waals surface area contributed by atoms with Gasteiger partial charge in [0.2, 0.25) is 0 Å². The van der Waals surface area contributed by atoms with Gasteiger partial charge in [0.15, 0.2) is 5.96 Å². The van der Waals surface area contributed by atoms with Crippen molar-refractivity contribution < 1.29 is 4.74 Å². The van der Waals surface area contributed by atoms with Crippen LogP contribution in [0.3, 0.4) is 0 Å². The van der Waals surface area contributed by atoms with Gasteiger partial charge in [0.1, 0.15) is 12.1 Å². The third-order valence-electron chi connectivity index (χ3n) is 6.27. The molecule has 2 aliphatic rings. The SMILES string of the molecule is CCNC(=NCc1ccnc(-n2ccnc2)c1)N1CC2OCCN(Cc3ccccc3)C2C1.I. The first-order valence-corrected chi connectivity index (χ1v) is 11.7. The molecule has 0 bridgehead atoms. The number of morpholine rings is 1. The number of imidazole rings is 1. The Labute approximate surface area is 218 Å². The Morgan fingerprint density at radius 1 is 1.15 bits per heavy atom. The van der Waals surface area contributed by atoms with Crippen LogP contribution in [-0.2, 0) is 17.8 Å². The minimum Gasteiger partial charge on any atom is -0.373 e. The molecule has 180 valence electrons. The van der Waals surface area contributed by atoms with Crippen LogP contribution < -0.4 is 5.32 Å². The minimum atomic E-state index is 0. The fourth-order valence-corrected chi connectivity index (χ4v) is 4.63. The van der Waals surface area contributed by atoms with Crippen molar-refractivity contribution in [3.05, 3.63) is 78.5 Å². The van der Waals surface area contributed by atoms with Gasteiger partial charge in [-0.1, -0.05) is 30.3 Å². The van der Waals surface area contributed by atoms with Gasteiger partial charge in [-0.2, -0.15) is 0 Å². The lowest BCUT2D eigenvalue weighted by Crippen LogP contribution is -2.50. The monoisotopic (exact) mass is 573 g/mol. The van der Waals surface area contributed by atoms with Crippen LogP contribution in [-0.4, -0.2) is 75.2 Å². The van der Waals surface area contributed by atoms with Crippen molar-refractivity contribution >= 4 is 29.9 Å². The zero-order valence-electron chi connectivity index (χ0n) is 19.5. The fourth-order valence-electron chi connectivity index (χ4n) is 4.63. The Kier molecular flexibility index (Phi) is 8.52. The summed E-state index contributed by atoms with van der Waals surface area (Å²) in [4.78, 5) is 18.4. The average Bonchev–Trinajstić information content (AvgIpc) is 3.54. The number of hydrogen-bond donors (Lipinski definition) is 1. The number of aromatic nitrogens is 3. The number of rotatable bonds is 6. The van der Waals surface area contributed by atoms with Crippen molar-refractivity contribution in [2.75, 3.05) is 32.8 Å². The molecule has 5 rings (SSSR count). The van der Waals surface area contributed by atoms with Crippen molar-refractivity contribution in [1.29, 1.82) is 0 Å². The van der Waals surface area contributed by atoms with Crippen LogP contribution in [0, 0.1) is 0 Å². The lowest BCUT2D eigenvalue weighted by Gasteiger charge is -2.36. The van der Waals surface area contributed by atoms with E-state index < -0.39 is 0 Å². The summed E-state index contributed by atoms with van der Waals surface area (Å²) >= 11 is 0. The number of aliphatic imine (C=N–C) groups is 1. The van der Waals surface area contributed by atoms with Crippen molar-refractivity contribution in [3.63, 3.8) is 0 Å². The Hall–Kier alpha value is -2.50. The third kappa shape index (κ3) is 5.76. The van der Waals surface area contributed by atoms with E-state index in [-0.39, 0.29) is 30.1 Å². The van der Waals surface area contributed by atoms with E-state index >= 15 is 0 Å². The van der Waals surface area contributed by atoms with Crippen LogP contribution in [0.4, 0.5) is 0 Å². The summed E-state index contributed by atoms with van der Waals surface area (Å²) in [6.45, 7) is 8.01. The molecule has 9 heteroatoms. The first kappa shape index (κ1) is 24.6. The molecule has 0 radical (unpaired) electrons. The standard InChI is InChI=1S/C25H31N7O.HI/c1-2-27-25(29-15-21-8-9-28-24(14-21)31-11-10-26-19-31)32-17-22-23(18-32)33-13-12-30(22)16-20-6-4-3-5-7-20;/h3-11,14,19,22-23H,2,12-13,15-18H2,1H3,(H,27,29);1H. The van der Waals surface area contributed by atoms with Crippen molar-refractivity contribution in [3.8, 4) is 5.82 Å². The molecule has 3 aromatic rings. The van der Waals surface area contributed by atoms with E-state index in [1.165, 1.54) is 5.56 Å². The maximum absolute atomic E-state index is 6.17. The third-order valence-corrected chi connectivity index (χ3v) is 6.27. The smallest absolute Gasteiger partial charge is 0.194 e. The number of likely N-dealkylation sites (tertiary alicyclic amines) is 1. The molecule has 2 saturated heterocycles. The van der Waals surface area contributed by atoms with Crippen LogP contribution in [0.1, 0.15) is 18.1 Å². The summed E-state index contributed by atoms with van der Waals surface area (Å²) in [5.41, 5.74) is 2.46. The van der Waals surface area contributed by atoms with E-state index in [4.69, 9.17) is 9.73 Å². The van der Waals surface area contributed by atoms with E-state index in [9.17, 15) is 0 Å². The summed E-state index contributed by atoms with van der Waals surface area (Å²) in [5, 5.41) is 3.48. The summed E-state index contributed by atoms with van der Waals surface area (Å²) in [6, 6.07) is 15.2. The lowest BCUT2D eigenvalue weighted by molar-refractivity contribution is -0.0502. The Bertz CT molecular complexity index is 1060. The summed E-state index contributed by atoms with van der Waals surface area (Å²) < 4.78 is 8.07. The van der Waals surface area contributed by atoms with E-state index in [1.807, 2.05) is 23.0 Å². The van der Waals surface area contributed by atoms with Crippen LogP contribution in [0.15, 0.2) is 72.4 Å². The molecule has 8 nitrogen and oxygen atoms in total. The first-order chi connectivity index (χ1) is 16.3. The normalized spacial score (nSPS) is 20.6. The van der Waals surface area contributed by atoms with Crippen molar-refractivity contribution in [1.82, 2.24) is 29.7 Å². The second-order valence-corrected chi connectivity index (χ2v) is 8.50. The van der Waals surface area contributed by atoms with E-state index in [0.29, 0.717) is 12.6 Å². The summed E-state index contributed by atoms with van der Waals surface area (Å²) in [6.07, 6.45) is 7.44. The topological polar surface area (TPSA) is 70.8 Å². The number of nitrogens with one attached hydrogen (secondary N) is 1. The number of benzene rings is 1. The number of hydrogen-bond acceptors (Lipinski definition) is 5. The fraction of sp³-hybridized carbons (Fsp3) is 0.400. The molecular formula is C25H32IN7O. The Morgan fingerprint density at radius 3 is 2.82 bits per heavy atom. The van der Waals surface area contributed by atoms with Gasteiger partial charge in [0, 0.05) is 51.3 Å². The van der Waals surface area contributed by atoms with Gasteiger partial charge in [-0.25, -0.2) is 15.0 Å². The second kappa shape index (κ2) is 11.8. The molecule has 4 heterocycles. The number of fused-ring (bicyclic) bond motifs is 1. The van der Waals surface area contributed by atoms with Gasteiger partial charge in [-0.05, 0) is 30.2 Å². The Morgan fingerprint density at radius 2 is 2.03 bits per heavy atom. The predicted octanol–water partition coefficient (Wildman–Crippen LogP) is 2.94. The van der Waals surface area contributed by atoms with Gasteiger partial charge in [0.05, 0.1) is 25.3 Å². The van der Waals surface area contributed by atoms with Crippen LogP contribution in [0.5, 0.6) is 0 Å². The highest BCUT2D eigenvalue weighted by Crippen LogP contribution is 2.25. The van der Waals surface area contributed by atoms with Gasteiger partial charge >= 0.3 is 0 Å². The van der Waals surface area contributed by atoms with Gasteiger partial charge in [-0.3, -0.25) is 9.47 Å². The van der Waals surface area contributed by atoms with Gasteiger partial charge in [-0.15, -0.1) is 24.0 Å². The average molecular weight is 573 g/mol. The van der Waals surface area contributed by atoms with Crippen LogP contribution in [0.25, 0.3) is 5.82 Å². The molecule has 0 aliphatic carbocycles. The summed E-state index contributed by atoms with van der Waals surface area (Å²) in [7, 11) is 0. The number of guanidine groups is 1. The molecule has 1 N–H and O–H groups in total. The first-order valence-electron chi connectivity index (χ1n) is 11.7. The summed E-state index contributed by atoms with van der Waals surface area (Å²) in [5.74, 6) is 1.79. The molecule has 2 atom stereocenters. The van der Waals surface area contributed by atoms with Crippen molar-refractivity contribution in [2.24, 2.45) is 4.99 Å². The highest BCUT2D eigenvalue weighted by Gasteiger charge is 2.41. The molecular weight excluding hydrogens is 541 g/mol. The maximum atomic E-state index is 6.17. The highest BCUT2D eigenvalue weighted by atomic mass is 127.